The Balaban J connectivity index is 3.02. The number of nitrogens with two attached hydrogens (primary N) is 1. The molecule has 0 fully saturated rings. The van der Waals surface area contributed by atoms with E-state index >= 15 is 0 Å². The monoisotopic (exact) mass is 181 g/mol. The number of amides is 1. The van der Waals surface area contributed by atoms with Crippen molar-refractivity contribution in [1.82, 2.24) is 9.47 Å². The number of carbonyl (C=O) groups excluding carboxylic acids is 1. The van der Waals surface area contributed by atoms with E-state index in [4.69, 9.17) is 5.73 Å². The van der Waals surface area contributed by atoms with E-state index in [2.05, 4.69) is 0 Å². The molecule has 0 atom stereocenters. The van der Waals surface area contributed by atoms with Crippen molar-refractivity contribution in [3.05, 3.63) is 23.5 Å². The van der Waals surface area contributed by atoms with Crippen LogP contribution in [0.2, 0.25) is 0 Å². The highest BCUT2D eigenvalue weighted by molar-refractivity contribution is 5.92. The Labute approximate surface area is 77.9 Å². The van der Waals surface area contributed by atoms with Crippen molar-refractivity contribution in [2.75, 3.05) is 14.1 Å². The van der Waals surface area contributed by atoms with E-state index in [1.165, 1.54) is 0 Å². The van der Waals surface area contributed by atoms with Crippen molar-refractivity contribution in [3.8, 4) is 0 Å². The third-order valence-electron chi connectivity index (χ3n) is 2.06. The summed E-state index contributed by atoms with van der Waals surface area (Å²) in [5.74, 6) is 0.00204. The number of nitrogens with zero attached hydrogens (tertiary/aromatic N) is 2. The lowest BCUT2D eigenvalue weighted by Crippen LogP contribution is -2.24. The first-order valence-electron chi connectivity index (χ1n) is 4.14. The zero-order valence-electron chi connectivity index (χ0n) is 8.24. The zero-order valence-corrected chi connectivity index (χ0v) is 8.24. The van der Waals surface area contributed by atoms with E-state index in [-0.39, 0.29) is 5.91 Å². The summed E-state index contributed by atoms with van der Waals surface area (Å²) in [7, 11) is 5.31. The van der Waals surface area contributed by atoms with Crippen molar-refractivity contribution in [3.63, 3.8) is 0 Å². The van der Waals surface area contributed by atoms with Gasteiger partial charge in [-0.15, -0.1) is 0 Å². The second-order valence-corrected chi connectivity index (χ2v) is 3.17. The molecule has 4 nitrogen and oxygen atoms in total. The van der Waals surface area contributed by atoms with Gasteiger partial charge in [0.25, 0.3) is 5.91 Å². The Kier molecular flexibility index (Phi) is 2.72. The molecule has 1 heterocycles. The lowest BCUT2D eigenvalue weighted by molar-refractivity contribution is 0.0818. The highest BCUT2D eigenvalue weighted by Gasteiger charge is 2.12. The summed E-state index contributed by atoms with van der Waals surface area (Å²) in [6.45, 7) is 0.456. The quantitative estimate of drug-likeness (QED) is 0.708. The molecule has 0 bridgehead atoms. The number of rotatable bonds is 2. The molecular weight excluding hydrogens is 166 g/mol. The van der Waals surface area contributed by atoms with Crippen molar-refractivity contribution in [1.29, 1.82) is 0 Å². The maximum Gasteiger partial charge on any atom is 0.269 e. The fraction of sp³-hybridized carbons (Fsp3) is 0.444. The largest absolute Gasteiger partial charge is 0.343 e. The molecule has 1 rings (SSSR count). The van der Waals surface area contributed by atoms with Gasteiger partial charge < -0.3 is 15.2 Å². The van der Waals surface area contributed by atoms with Gasteiger partial charge in [-0.05, 0) is 12.1 Å². The molecule has 1 amide bonds. The van der Waals surface area contributed by atoms with Crippen LogP contribution >= 0.6 is 0 Å². The molecule has 1 aromatic rings. The predicted octanol–water partition coefficient (Wildman–Crippen LogP) is 0.186. The number of hydrogen-bond donors (Lipinski definition) is 1. The second kappa shape index (κ2) is 3.62. The van der Waals surface area contributed by atoms with Gasteiger partial charge in [0.2, 0.25) is 0 Å². The minimum absolute atomic E-state index is 0.00204. The molecule has 0 radical (unpaired) electrons. The Bertz CT molecular complexity index is 315. The van der Waals surface area contributed by atoms with Gasteiger partial charge in [0.1, 0.15) is 5.69 Å². The fourth-order valence-electron chi connectivity index (χ4n) is 1.20. The first-order chi connectivity index (χ1) is 6.07. The minimum atomic E-state index is 0.00204. The summed E-state index contributed by atoms with van der Waals surface area (Å²) in [5.41, 5.74) is 7.13. The number of carbonyl (C=O) groups is 1. The lowest BCUT2D eigenvalue weighted by atomic mass is 10.4. The molecule has 0 aliphatic heterocycles. The Morgan fingerprint density at radius 2 is 2.15 bits per heavy atom. The number of aromatic nitrogens is 1. The molecule has 1 aromatic heterocycles. The van der Waals surface area contributed by atoms with E-state index in [9.17, 15) is 4.79 Å². The van der Waals surface area contributed by atoms with Crippen LogP contribution in [-0.2, 0) is 13.6 Å². The summed E-state index contributed by atoms with van der Waals surface area (Å²) >= 11 is 0. The van der Waals surface area contributed by atoms with Crippen LogP contribution in [0.3, 0.4) is 0 Å². The van der Waals surface area contributed by atoms with Crippen LogP contribution < -0.4 is 5.73 Å². The summed E-state index contributed by atoms with van der Waals surface area (Å²) in [5, 5.41) is 0. The number of hydrogen-bond acceptors (Lipinski definition) is 2. The smallest absolute Gasteiger partial charge is 0.269 e. The van der Waals surface area contributed by atoms with E-state index < -0.39 is 0 Å². The molecule has 2 N–H and O–H groups in total. The maximum absolute atomic E-state index is 11.6. The van der Waals surface area contributed by atoms with Gasteiger partial charge in [-0.1, -0.05) is 0 Å². The van der Waals surface area contributed by atoms with Crippen molar-refractivity contribution < 1.29 is 4.79 Å². The average molecular weight is 181 g/mol. The molecule has 0 spiro atoms. The second-order valence-electron chi connectivity index (χ2n) is 3.17. The molecule has 4 heteroatoms. The first-order valence-corrected chi connectivity index (χ1v) is 4.14. The van der Waals surface area contributed by atoms with Crippen LogP contribution in [0.5, 0.6) is 0 Å². The summed E-state index contributed by atoms with van der Waals surface area (Å²) < 4.78 is 1.82. The molecule has 0 aliphatic carbocycles. The van der Waals surface area contributed by atoms with Crippen molar-refractivity contribution >= 4 is 5.91 Å². The average Bonchev–Trinajstić information content (AvgIpc) is 2.45. The third-order valence-corrected chi connectivity index (χ3v) is 2.06. The van der Waals surface area contributed by atoms with Crippen LogP contribution in [0, 0.1) is 0 Å². The predicted molar refractivity (Wildman–Crippen MR) is 51.3 cm³/mol. The van der Waals surface area contributed by atoms with Crippen LogP contribution in [0.25, 0.3) is 0 Å². The summed E-state index contributed by atoms with van der Waals surface area (Å²) in [6, 6.07) is 3.67. The van der Waals surface area contributed by atoms with Crippen molar-refractivity contribution in [2.45, 2.75) is 6.54 Å². The lowest BCUT2D eigenvalue weighted by Gasteiger charge is -2.11. The van der Waals surface area contributed by atoms with Crippen LogP contribution in [-0.4, -0.2) is 29.5 Å². The summed E-state index contributed by atoms with van der Waals surface area (Å²) in [4.78, 5) is 13.1. The van der Waals surface area contributed by atoms with Gasteiger partial charge in [-0.2, -0.15) is 0 Å². The molecule has 0 aliphatic rings. The minimum Gasteiger partial charge on any atom is -0.343 e. The molecule has 0 unspecified atom stereocenters. The highest BCUT2D eigenvalue weighted by Crippen LogP contribution is 2.07. The van der Waals surface area contributed by atoms with E-state index in [1.807, 2.05) is 17.7 Å². The van der Waals surface area contributed by atoms with Crippen LogP contribution in [0.1, 0.15) is 16.2 Å². The Morgan fingerprint density at radius 1 is 1.54 bits per heavy atom. The van der Waals surface area contributed by atoms with Gasteiger partial charge >= 0.3 is 0 Å². The maximum atomic E-state index is 11.6. The van der Waals surface area contributed by atoms with Gasteiger partial charge in [0.15, 0.2) is 0 Å². The molecular formula is C9H15N3O. The van der Waals surface area contributed by atoms with Crippen molar-refractivity contribution in [2.24, 2.45) is 12.8 Å². The van der Waals surface area contributed by atoms with E-state index in [0.29, 0.717) is 12.2 Å². The molecule has 13 heavy (non-hydrogen) atoms. The van der Waals surface area contributed by atoms with Gasteiger partial charge in [0.05, 0.1) is 0 Å². The molecule has 0 saturated carbocycles. The Hall–Kier alpha value is -1.29. The standard InChI is InChI=1S/C9H15N3O/c1-11(2)9(13)8-5-4-7(6-10)12(8)3/h4-5H,6,10H2,1-3H3. The van der Waals surface area contributed by atoms with Gasteiger partial charge in [-0.3, -0.25) is 4.79 Å². The first kappa shape index (κ1) is 9.80. The van der Waals surface area contributed by atoms with E-state index in [0.717, 1.165) is 5.69 Å². The van der Waals surface area contributed by atoms with Crippen LogP contribution in [0.4, 0.5) is 0 Å². The normalized spacial score (nSPS) is 10.2. The Morgan fingerprint density at radius 3 is 2.54 bits per heavy atom. The SMILES string of the molecule is CN(C)C(=O)c1ccc(CN)n1C. The summed E-state index contributed by atoms with van der Waals surface area (Å²) in [6.07, 6.45) is 0. The molecule has 0 saturated heterocycles. The third kappa shape index (κ3) is 1.72. The molecule has 0 aromatic carbocycles. The van der Waals surface area contributed by atoms with Gasteiger partial charge in [0, 0.05) is 33.4 Å². The fourth-order valence-corrected chi connectivity index (χ4v) is 1.20. The van der Waals surface area contributed by atoms with Crippen LogP contribution in [0.15, 0.2) is 12.1 Å². The van der Waals surface area contributed by atoms with E-state index in [1.54, 1.807) is 25.1 Å². The van der Waals surface area contributed by atoms with Gasteiger partial charge in [-0.25, -0.2) is 0 Å². The molecule has 72 valence electrons. The zero-order chi connectivity index (χ0) is 10.0. The topological polar surface area (TPSA) is 51.3 Å². The highest BCUT2D eigenvalue weighted by atomic mass is 16.2.